The Bertz CT molecular complexity index is 456. The van der Waals surface area contributed by atoms with Crippen molar-refractivity contribution >= 4 is 21.8 Å². The number of amidine groups is 1. The van der Waals surface area contributed by atoms with Gasteiger partial charge >= 0.3 is 0 Å². The highest BCUT2D eigenvalue weighted by Gasteiger charge is 2.15. The van der Waals surface area contributed by atoms with Gasteiger partial charge < -0.3 is 10.2 Å². The highest BCUT2D eigenvalue weighted by molar-refractivity contribution is 9.10. The van der Waals surface area contributed by atoms with Crippen molar-refractivity contribution in [1.29, 1.82) is 0 Å². The topological polar surface area (TPSA) is 59.6 Å². The molecule has 0 heterocycles. The highest BCUT2D eigenvalue weighted by Crippen LogP contribution is 2.25. The first-order valence-corrected chi connectivity index (χ1v) is 7.42. The molecule has 5 heteroatoms. The van der Waals surface area contributed by atoms with E-state index in [1.54, 1.807) is 7.11 Å². The van der Waals surface area contributed by atoms with Crippen LogP contribution in [0.25, 0.3) is 0 Å². The summed E-state index contributed by atoms with van der Waals surface area (Å²) in [5.41, 5.74) is 3.66. The molecule has 0 aromatic heterocycles. The molecule has 1 aromatic rings. The van der Waals surface area contributed by atoms with Gasteiger partial charge in [0.05, 0.1) is 13.2 Å². The first-order valence-electron chi connectivity index (χ1n) is 6.63. The molecular formula is C14H20BrN3O. The van der Waals surface area contributed by atoms with Crippen LogP contribution in [0.2, 0.25) is 0 Å². The Morgan fingerprint density at radius 1 is 1.37 bits per heavy atom. The third-order valence-corrected chi connectivity index (χ3v) is 4.14. The molecule has 0 bridgehead atoms. The van der Waals surface area contributed by atoms with Crippen LogP contribution >= 0.6 is 15.9 Å². The summed E-state index contributed by atoms with van der Waals surface area (Å²) in [4.78, 5) is 4.76. The van der Waals surface area contributed by atoms with E-state index in [0.29, 0.717) is 6.04 Å². The number of hydrogen-bond acceptors (Lipinski definition) is 3. The van der Waals surface area contributed by atoms with Gasteiger partial charge in [-0.25, -0.2) is 5.84 Å². The summed E-state index contributed by atoms with van der Waals surface area (Å²) in [6.45, 7) is 0. The fourth-order valence-corrected chi connectivity index (χ4v) is 2.82. The summed E-state index contributed by atoms with van der Waals surface area (Å²) in [5.74, 6) is 7.16. The van der Waals surface area contributed by atoms with Gasteiger partial charge in [-0.3, -0.25) is 4.99 Å². The molecule has 0 amide bonds. The third-order valence-electron chi connectivity index (χ3n) is 3.45. The van der Waals surface area contributed by atoms with E-state index in [1.165, 1.54) is 19.3 Å². The minimum absolute atomic E-state index is 0.373. The second kappa shape index (κ2) is 6.91. The molecule has 1 aliphatic rings. The predicted molar refractivity (Wildman–Crippen MR) is 81.4 cm³/mol. The summed E-state index contributed by atoms with van der Waals surface area (Å²) in [6.07, 6.45) is 6.12. The smallest absolute Gasteiger partial charge is 0.144 e. The van der Waals surface area contributed by atoms with Crippen molar-refractivity contribution in [1.82, 2.24) is 5.43 Å². The van der Waals surface area contributed by atoms with E-state index < -0.39 is 0 Å². The van der Waals surface area contributed by atoms with E-state index in [-0.39, 0.29) is 0 Å². The van der Waals surface area contributed by atoms with Crippen LogP contribution in [-0.4, -0.2) is 19.0 Å². The first kappa shape index (κ1) is 14.3. The monoisotopic (exact) mass is 325 g/mol. The van der Waals surface area contributed by atoms with E-state index in [4.69, 9.17) is 15.6 Å². The minimum Gasteiger partial charge on any atom is -0.497 e. The van der Waals surface area contributed by atoms with Crippen LogP contribution in [0, 0.1) is 0 Å². The van der Waals surface area contributed by atoms with Gasteiger partial charge in [-0.2, -0.15) is 0 Å². The molecule has 0 unspecified atom stereocenters. The number of aliphatic imine (C=N–C) groups is 1. The van der Waals surface area contributed by atoms with Crippen molar-refractivity contribution < 1.29 is 4.74 Å². The van der Waals surface area contributed by atoms with Gasteiger partial charge in [-0.1, -0.05) is 35.2 Å². The lowest BCUT2D eigenvalue weighted by atomic mass is 9.96. The number of halogens is 1. The van der Waals surface area contributed by atoms with Crippen LogP contribution in [0.15, 0.2) is 27.7 Å². The van der Waals surface area contributed by atoms with Gasteiger partial charge in [0.25, 0.3) is 0 Å². The Balaban J connectivity index is 2.27. The zero-order chi connectivity index (χ0) is 13.7. The number of ether oxygens (including phenoxy) is 1. The van der Waals surface area contributed by atoms with Crippen LogP contribution in [0.1, 0.15) is 37.7 Å². The number of hydrazine groups is 1. The summed E-state index contributed by atoms with van der Waals surface area (Å²) in [7, 11) is 1.65. The largest absolute Gasteiger partial charge is 0.497 e. The third kappa shape index (κ3) is 3.70. The van der Waals surface area contributed by atoms with Crippen LogP contribution in [-0.2, 0) is 0 Å². The molecule has 1 aliphatic carbocycles. The minimum atomic E-state index is 0.373. The molecule has 2 rings (SSSR count). The average Bonchev–Trinajstić information content (AvgIpc) is 2.47. The normalized spacial score (nSPS) is 17.3. The van der Waals surface area contributed by atoms with E-state index in [9.17, 15) is 0 Å². The lowest BCUT2D eigenvalue weighted by molar-refractivity contribution is 0.414. The van der Waals surface area contributed by atoms with Crippen molar-refractivity contribution in [2.24, 2.45) is 10.8 Å². The van der Waals surface area contributed by atoms with Gasteiger partial charge in [-0.05, 0) is 31.0 Å². The van der Waals surface area contributed by atoms with Gasteiger partial charge in [0, 0.05) is 10.0 Å². The van der Waals surface area contributed by atoms with Crippen molar-refractivity contribution in [3.05, 3.63) is 28.2 Å². The highest BCUT2D eigenvalue weighted by atomic mass is 79.9. The summed E-state index contributed by atoms with van der Waals surface area (Å²) < 4.78 is 6.21. The van der Waals surface area contributed by atoms with Crippen molar-refractivity contribution in [3.8, 4) is 5.75 Å². The standard InChI is InChI=1S/C14H20BrN3O/c1-19-11-7-8-13(15)12(9-11)14(18-16)17-10-5-3-2-4-6-10/h7-10H,2-6,16H2,1H3,(H,17,18). The molecular weight excluding hydrogens is 306 g/mol. The maximum Gasteiger partial charge on any atom is 0.144 e. The molecule has 0 atom stereocenters. The van der Waals surface area contributed by atoms with Crippen molar-refractivity contribution in [3.63, 3.8) is 0 Å². The Morgan fingerprint density at radius 3 is 2.74 bits per heavy atom. The van der Waals surface area contributed by atoms with Crippen molar-refractivity contribution in [2.45, 2.75) is 38.1 Å². The number of nitrogens with one attached hydrogen (secondary N) is 1. The number of methoxy groups -OCH3 is 1. The molecule has 3 N–H and O–H groups in total. The van der Waals surface area contributed by atoms with E-state index in [2.05, 4.69) is 21.4 Å². The van der Waals surface area contributed by atoms with Crippen LogP contribution in [0.4, 0.5) is 0 Å². The lowest BCUT2D eigenvalue weighted by Crippen LogP contribution is -2.33. The summed E-state index contributed by atoms with van der Waals surface area (Å²) >= 11 is 3.53. The lowest BCUT2D eigenvalue weighted by Gasteiger charge is -2.19. The molecule has 1 aromatic carbocycles. The predicted octanol–water partition coefficient (Wildman–Crippen LogP) is 3.00. The molecule has 0 aliphatic heterocycles. The molecule has 0 radical (unpaired) electrons. The average molecular weight is 326 g/mol. The maximum absolute atomic E-state index is 5.64. The fourth-order valence-electron chi connectivity index (χ4n) is 2.39. The molecule has 1 fully saturated rings. The number of nitrogens with two attached hydrogens (primary N) is 1. The number of benzene rings is 1. The fraction of sp³-hybridized carbons (Fsp3) is 0.500. The number of rotatable bonds is 3. The SMILES string of the molecule is COc1ccc(Br)c(C(=NC2CCCCC2)NN)c1. The van der Waals surface area contributed by atoms with Crippen LogP contribution < -0.4 is 16.0 Å². The van der Waals surface area contributed by atoms with Crippen LogP contribution in [0.5, 0.6) is 5.75 Å². The molecule has 1 saturated carbocycles. The maximum atomic E-state index is 5.64. The molecule has 0 saturated heterocycles. The summed E-state index contributed by atoms with van der Waals surface area (Å²) in [5, 5.41) is 0. The Hall–Kier alpha value is -1.07. The van der Waals surface area contributed by atoms with E-state index in [0.717, 1.165) is 34.5 Å². The second-order valence-electron chi connectivity index (χ2n) is 4.76. The quantitative estimate of drug-likeness (QED) is 0.388. The van der Waals surface area contributed by atoms with Gasteiger partial charge in [0.1, 0.15) is 11.6 Å². The molecule has 104 valence electrons. The Labute approximate surface area is 122 Å². The van der Waals surface area contributed by atoms with E-state index in [1.807, 2.05) is 18.2 Å². The summed E-state index contributed by atoms with van der Waals surface area (Å²) in [6, 6.07) is 6.16. The van der Waals surface area contributed by atoms with Gasteiger partial charge in [0.2, 0.25) is 0 Å². The van der Waals surface area contributed by atoms with E-state index >= 15 is 0 Å². The molecule has 4 nitrogen and oxygen atoms in total. The second-order valence-corrected chi connectivity index (χ2v) is 5.61. The zero-order valence-electron chi connectivity index (χ0n) is 11.2. The molecule has 0 spiro atoms. The van der Waals surface area contributed by atoms with Crippen molar-refractivity contribution in [2.75, 3.05) is 7.11 Å². The van der Waals surface area contributed by atoms with Gasteiger partial charge in [0.15, 0.2) is 0 Å². The van der Waals surface area contributed by atoms with Gasteiger partial charge in [-0.15, -0.1) is 0 Å². The Morgan fingerprint density at radius 2 is 2.11 bits per heavy atom. The van der Waals surface area contributed by atoms with Crippen LogP contribution in [0.3, 0.4) is 0 Å². The number of hydrogen-bond donors (Lipinski definition) is 2. The number of nitrogens with zero attached hydrogens (tertiary/aromatic N) is 1. The Kier molecular flexibility index (Phi) is 5.22. The first-order chi connectivity index (χ1) is 9.24. The molecule has 19 heavy (non-hydrogen) atoms. The zero-order valence-corrected chi connectivity index (χ0v) is 12.7.